The number of ether oxygens (including phenoxy) is 1. The van der Waals surface area contributed by atoms with Crippen molar-refractivity contribution in [3.8, 4) is 0 Å². The molecular weight excluding hydrogens is 226 g/mol. The van der Waals surface area contributed by atoms with Gasteiger partial charge in [-0.25, -0.2) is 0 Å². The molecule has 2 atom stereocenters. The van der Waals surface area contributed by atoms with Gasteiger partial charge in [-0.2, -0.15) is 0 Å². The van der Waals surface area contributed by atoms with Crippen LogP contribution in [-0.4, -0.2) is 41.7 Å². The van der Waals surface area contributed by atoms with E-state index in [-0.39, 0.29) is 11.6 Å². The molecule has 1 aliphatic carbocycles. The Kier molecular flexibility index (Phi) is 3.22. The molecule has 1 saturated carbocycles. The fraction of sp³-hybridized carbons (Fsp3) is 0.929. The van der Waals surface area contributed by atoms with Gasteiger partial charge in [-0.05, 0) is 26.2 Å². The molecule has 0 radical (unpaired) electrons. The van der Waals surface area contributed by atoms with Gasteiger partial charge in [0, 0.05) is 12.6 Å². The van der Waals surface area contributed by atoms with Crippen molar-refractivity contribution in [2.45, 2.75) is 69.6 Å². The SMILES string of the molecule is CC1OCCC12CN=C(N)N2C1CCCCCC1. The molecule has 1 spiro atoms. The molecule has 0 aromatic heterocycles. The van der Waals surface area contributed by atoms with Crippen LogP contribution in [0.15, 0.2) is 4.99 Å². The predicted molar refractivity (Wildman–Crippen MR) is 72.6 cm³/mol. The Morgan fingerprint density at radius 3 is 2.61 bits per heavy atom. The minimum atomic E-state index is 0.0685. The lowest BCUT2D eigenvalue weighted by atomic mass is 9.88. The summed E-state index contributed by atoms with van der Waals surface area (Å²) in [4.78, 5) is 6.99. The van der Waals surface area contributed by atoms with Crippen LogP contribution in [0.2, 0.25) is 0 Å². The largest absolute Gasteiger partial charge is 0.376 e. The van der Waals surface area contributed by atoms with Crippen molar-refractivity contribution in [3.63, 3.8) is 0 Å². The normalized spacial score (nSPS) is 38.2. The first-order valence-electron chi connectivity index (χ1n) is 7.45. The highest BCUT2D eigenvalue weighted by Crippen LogP contribution is 2.39. The second-order valence-electron chi connectivity index (χ2n) is 6.06. The lowest BCUT2D eigenvalue weighted by Crippen LogP contribution is -2.59. The molecule has 3 rings (SSSR count). The standard InChI is InChI=1S/C14H25N3O/c1-11-14(8-9-18-11)10-16-13(15)17(14)12-6-4-2-3-5-7-12/h11-12H,2-10H2,1H3,(H2,15,16). The van der Waals surface area contributed by atoms with E-state index in [0.29, 0.717) is 6.04 Å². The van der Waals surface area contributed by atoms with Crippen LogP contribution in [0.25, 0.3) is 0 Å². The zero-order chi connectivity index (χ0) is 12.6. The highest BCUT2D eigenvalue weighted by atomic mass is 16.5. The van der Waals surface area contributed by atoms with Gasteiger partial charge in [-0.15, -0.1) is 0 Å². The smallest absolute Gasteiger partial charge is 0.192 e. The van der Waals surface area contributed by atoms with Gasteiger partial charge in [-0.3, -0.25) is 4.99 Å². The number of nitrogens with two attached hydrogens (primary N) is 1. The summed E-state index contributed by atoms with van der Waals surface area (Å²) in [5, 5.41) is 0. The molecule has 0 aromatic rings. The molecule has 0 bridgehead atoms. The third kappa shape index (κ3) is 1.81. The van der Waals surface area contributed by atoms with Crippen molar-refractivity contribution in [1.29, 1.82) is 0 Å². The van der Waals surface area contributed by atoms with E-state index in [1.54, 1.807) is 0 Å². The van der Waals surface area contributed by atoms with Crippen molar-refractivity contribution >= 4 is 5.96 Å². The molecule has 4 nitrogen and oxygen atoms in total. The fourth-order valence-electron chi connectivity index (χ4n) is 3.96. The molecule has 1 saturated heterocycles. The Morgan fingerprint density at radius 2 is 2.00 bits per heavy atom. The Morgan fingerprint density at radius 1 is 1.28 bits per heavy atom. The number of hydrogen-bond acceptors (Lipinski definition) is 4. The number of rotatable bonds is 1. The third-order valence-corrected chi connectivity index (χ3v) is 5.09. The van der Waals surface area contributed by atoms with E-state index < -0.39 is 0 Å². The molecule has 2 aliphatic heterocycles. The van der Waals surface area contributed by atoms with Crippen LogP contribution in [-0.2, 0) is 4.74 Å². The van der Waals surface area contributed by atoms with E-state index in [2.05, 4.69) is 16.8 Å². The lowest BCUT2D eigenvalue weighted by molar-refractivity contribution is 0.0375. The van der Waals surface area contributed by atoms with E-state index in [9.17, 15) is 0 Å². The molecule has 2 N–H and O–H groups in total. The van der Waals surface area contributed by atoms with Crippen LogP contribution in [0.3, 0.4) is 0 Å². The van der Waals surface area contributed by atoms with Gasteiger partial charge in [0.1, 0.15) is 0 Å². The maximum Gasteiger partial charge on any atom is 0.192 e. The van der Waals surface area contributed by atoms with Crippen LogP contribution < -0.4 is 5.73 Å². The first-order chi connectivity index (χ1) is 8.74. The second-order valence-corrected chi connectivity index (χ2v) is 6.06. The van der Waals surface area contributed by atoms with Crippen molar-refractivity contribution in [2.24, 2.45) is 10.7 Å². The summed E-state index contributed by atoms with van der Waals surface area (Å²) in [5.74, 6) is 0.763. The number of nitrogens with zero attached hydrogens (tertiary/aromatic N) is 2. The zero-order valence-corrected chi connectivity index (χ0v) is 11.4. The summed E-state index contributed by atoms with van der Waals surface area (Å²) >= 11 is 0. The minimum absolute atomic E-state index is 0.0685. The van der Waals surface area contributed by atoms with Crippen LogP contribution in [0.4, 0.5) is 0 Å². The summed E-state index contributed by atoms with van der Waals surface area (Å²) in [6.07, 6.45) is 9.29. The van der Waals surface area contributed by atoms with Crippen LogP contribution in [0.5, 0.6) is 0 Å². The Balaban J connectivity index is 1.84. The van der Waals surface area contributed by atoms with E-state index in [1.807, 2.05) is 0 Å². The molecule has 2 heterocycles. The van der Waals surface area contributed by atoms with Crippen molar-refractivity contribution in [3.05, 3.63) is 0 Å². The van der Waals surface area contributed by atoms with E-state index in [4.69, 9.17) is 10.5 Å². The highest BCUT2D eigenvalue weighted by Gasteiger charge is 2.52. The Hall–Kier alpha value is -0.770. The molecule has 3 aliphatic rings. The number of hydrogen-bond donors (Lipinski definition) is 1. The molecule has 2 fully saturated rings. The maximum absolute atomic E-state index is 6.20. The summed E-state index contributed by atoms with van der Waals surface area (Å²) in [6, 6.07) is 0.586. The first kappa shape index (κ1) is 12.3. The van der Waals surface area contributed by atoms with Crippen molar-refractivity contribution < 1.29 is 4.74 Å². The third-order valence-electron chi connectivity index (χ3n) is 5.09. The van der Waals surface area contributed by atoms with Crippen molar-refractivity contribution in [2.75, 3.05) is 13.2 Å². The van der Waals surface area contributed by atoms with Crippen LogP contribution in [0.1, 0.15) is 51.9 Å². The van der Waals surface area contributed by atoms with Gasteiger partial charge < -0.3 is 15.4 Å². The lowest BCUT2D eigenvalue weighted by Gasteiger charge is -2.43. The molecule has 2 unspecified atom stereocenters. The molecule has 0 aromatic carbocycles. The van der Waals surface area contributed by atoms with Crippen molar-refractivity contribution in [1.82, 2.24) is 4.90 Å². The quantitative estimate of drug-likeness (QED) is 0.724. The zero-order valence-electron chi connectivity index (χ0n) is 11.4. The van der Waals surface area contributed by atoms with E-state index in [0.717, 1.165) is 25.5 Å². The minimum Gasteiger partial charge on any atom is -0.376 e. The summed E-state index contributed by atoms with van der Waals surface area (Å²) in [5.41, 5.74) is 6.27. The summed E-state index contributed by atoms with van der Waals surface area (Å²) in [7, 11) is 0. The monoisotopic (exact) mass is 251 g/mol. The van der Waals surface area contributed by atoms with Gasteiger partial charge in [0.15, 0.2) is 5.96 Å². The van der Waals surface area contributed by atoms with Crippen LogP contribution >= 0.6 is 0 Å². The van der Waals surface area contributed by atoms with Gasteiger partial charge in [0.25, 0.3) is 0 Å². The average Bonchev–Trinajstić information content (AvgIpc) is 2.75. The first-order valence-corrected chi connectivity index (χ1v) is 7.45. The topological polar surface area (TPSA) is 50.9 Å². The molecule has 102 valence electrons. The predicted octanol–water partition coefficient (Wildman–Crippen LogP) is 1.89. The summed E-state index contributed by atoms with van der Waals surface area (Å²) < 4.78 is 5.82. The molecule has 4 heteroatoms. The van der Waals surface area contributed by atoms with E-state index >= 15 is 0 Å². The average molecular weight is 251 g/mol. The van der Waals surface area contributed by atoms with Gasteiger partial charge in [0.2, 0.25) is 0 Å². The van der Waals surface area contributed by atoms with Gasteiger partial charge in [-0.1, -0.05) is 25.7 Å². The molecule has 18 heavy (non-hydrogen) atoms. The van der Waals surface area contributed by atoms with Gasteiger partial charge >= 0.3 is 0 Å². The van der Waals surface area contributed by atoms with Gasteiger partial charge in [0.05, 0.1) is 18.2 Å². The fourth-order valence-corrected chi connectivity index (χ4v) is 3.96. The Labute approximate surface area is 110 Å². The highest BCUT2D eigenvalue weighted by molar-refractivity contribution is 5.81. The second kappa shape index (κ2) is 4.72. The van der Waals surface area contributed by atoms with E-state index in [1.165, 1.54) is 38.5 Å². The summed E-state index contributed by atoms with van der Waals surface area (Å²) in [6.45, 7) is 3.87. The maximum atomic E-state index is 6.20. The number of aliphatic imine (C=N–C) groups is 1. The Bertz CT molecular complexity index is 336. The molecular formula is C14H25N3O. The number of guanidine groups is 1. The van der Waals surface area contributed by atoms with Crippen LogP contribution in [0, 0.1) is 0 Å². The molecule has 0 amide bonds.